The number of rotatable bonds is 6. The molecule has 7 heteroatoms. The van der Waals surface area contributed by atoms with Crippen molar-refractivity contribution in [3.63, 3.8) is 0 Å². The van der Waals surface area contributed by atoms with Crippen LogP contribution < -0.4 is 9.64 Å². The van der Waals surface area contributed by atoms with Crippen LogP contribution in [0.2, 0.25) is 0 Å². The Morgan fingerprint density at radius 1 is 1.12 bits per heavy atom. The number of carbonyl (C=O) groups excluding carboxylic acids is 1. The van der Waals surface area contributed by atoms with Gasteiger partial charge in [0, 0.05) is 47.8 Å². The van der Waals surface area contributed by atoms with E-state index in [1.54, 1.807) is 11.9 Å². The van der Waals surface area contributed by atoms with E-state index in [1.165, 1.54) is 0 Å². The van der Waals surface area contributed by atoms with Gasteiger partial charge in [-0.2, -0.15) is 0 Å². The molecule has 5 rings (SSSR count). The lowest BCUT2D eigenvalue weighted by atomic mass is 9.78. The molecule has 2 aliphatic heterocycles. The average molecular weight is 521 g/mol. The Labute approximate surface area is 207 Å². The Kier molecular flexibility index (Phi) is 6.15. The van der Waals surface area contributed by atoms with Gasteiger partial charge in [0.2, 0.25) is 5.90 Å². The highest BCUT2D eigenvalue weighted by atomic mass is 79.9. The molecule has 2 heterocycles. The first-order valence-electron chi connectivity index (χ1n) is 11.2. The minimum Gasteiger partial charge on any atom is -0.494 e. The summed E-state index contributed by atoms with van der Waals surface area (Å²) in [5.41, 5.74) is 2.50. The van der Waals surface area contributed by atoms with Gasteiger partial charge in [-0.05, 0) is 42.0 Å². The number of hydrogen-bond donors (Lipinski definition) is 1. The fourth-order valence-corrected chi connectivity index (χ4v) is 5.10. The van der Waals surface area contributed by atoms with Gasteiger partial charge >= 0.3 is 0 Å². The van der Waals surface area contributed by atoms with Crippen LogP contribution in [0.25, 0.3) is 0 Å². The molecule has 174 valence electrons. The zero-order valence-corrected chi connectivity index (χ0v) is 20.4. The maximum absolute atomic E-state index is 13.9. The molecule has 34 heavy (non-hydrogen) atoms. The van der Waals surface area contributed by atoms with Gasteiger partial charge in [0.25, 0.3) is 5.91 Å². The topological polar surface area (TPSA) is 71.4 Å². The number of aliphatic hydroxyl groups is 1. The number of para-hydroxylation sites is 1. The third kappa shape index (κ3) is 3.89. The van der Waals surface area contributed by atoms with Crippen molar-refractivity contribution in [3.8, 4) is 5.75 Å². The van der Waals surface area contributed by atoms with E-state index in [0.29, 0.717) is 31.1 Å². The van der Waals surface area contributed by atoms with Crippen molar-refractivity contribution >= 4 is 33.4 Å². The molecular formula is C27H25BrN2O4. The first-order chi connectivity index (χ1) is 16.5. The second-order valence-electron chi connectivity index (χ2n) is 8.48. The quantitative estimate of drug-likeness (QED) is 0.478. The van der Waals surface area contributed by atoms with Gasteiger partial charge in [0.05, 0.1) is 6.61 Å². The summed E-state index contributed by atoms with van der Waals surface area (Å²) < 4.78 is 13.0. The second kappa shape index (κ2) is 9.24. The second-order valence-corrected chi connectivity index (χ2v) is 9.33. The molecule has 0 saturated carbocycles. The van der Waals surface area contributed by atoms with Gasteiger partial charge in [0.1, 0.15) is 5.75 Å². The van der Waals surface area contributed by atoms with Crippen LogP contribution in [-0.2, 0) is 16.0 Å². The van der Waals surface area contributed by atoms with Gasteiger partial charge in [-0.3, -0.25) is 4.79 Å². The molecular weight excluding hydrogens is 496 g/mol. The molecule has 1 amide bonds. The standard InChI is InChI=1S/C27H25BrN2O4/c1-30-23-10-5-2-7-19(23)17-27(26(30)32)24(21-8-3-4-9-22(21)28)34-25(29-27)18-11-13-20(14-12-18)33-16-6-15-31/h2-5,7-14,24,31H,6,15-17H2,1H3/t24-,27-/m1/s1. The number of aliphatic imine (C=N–C) groups is 1. The monoisotopic (exact) mass is 520 g/mol. The molecule has 3 aromatic rings. The molecule has 3 aromatic carbocycles. The fourth-order valence-electron chi connectivity index (χ4n) is 4.61. The highest BCUT2D eigenvalue weighted by Crippen LogP contribution is 2.48. The van der Waals surface area contributed by atoms with E-state index in [1.807, 2.05) is 72.8 Å². The summed E-state index contributed by atoms with van der Waals surface area (Å²) in [5, 5.41) is 8.95. The Morgan fingerprint density at radius 3 is 2.62 bits per heavy atom. The largest absolute Gasteiger partial charge is 0.494 e. The molecule has 0 aromatic heterocycles. The summed E-state index contributed by atoms with van der Waals surface area (Å²) in [5.74, 6) is 1.05. The Hall–Kier alpha value is -3.16. The number of benzene rings is 3. The molecule has 2 atom stereocenters. The summed E-state index contributed by atoms with van der Waals surface area (Å²) in [7, 11) is 1.80. The van der Waals surface area contributed by atoms with Crippen molar-refractivity contribution in [3.05, 3.63) is 94.0 Å². The van der Waals surface area contributed by atoms with E-state index in [4.69, 9.17) is 19.6 Å². The van der Waals surface area contributed by atoms with Crippen molar-refractivity contribution in [1.82, 2.24) is 0 Å². The highest BCUT2D eigenvalue weighted by Gasteiger charge is 2.57. The van der Waals surface area contributed by atoms with Crippen LogP contribution >= 0.6 is 15.9 Å². The summed E-state index contributed by atoms with van der Waals surface area (Å²) in [6.45, 7) is 0.535. The lowest BCUT2D eigenvalue weighted by Gasteiger charge is -2.39. The smallest absolute Gasteiger partial charge is 0.259 e. The number of anilines is 1. The molecule has 1 N–H and O–H groups in total. The normalized spacial score (nSPS) is 21.3. The van der Waals surface area contributed by atoms with Crippen LogP contribution in [0.15, 0.2) is 82.3 Å². The van der Waals surface area contributed by atoms with Crippen LogP contribution in [0, 0.1) is 0 Å². The summed E-state index contributed by atoms with van der Waals surface area (Å²) in [4.78, 5) is 20.6. The van der Waals surface area contributed by atoms with Crippen LogP contribution in [0.5, 0.6) is 5.75 Å². The third-order valence-corrected chi connectivity index (χ3v) is 7.03. The predicted octanol–water partition coefficient (Wildman–Crippen LogP) is 4.69. The molecule has 6 nitrogen and oxygen atoms in total. The zero-order chi connectivity index (χ0) is 23.7. The van der Waals surface area contributed by atoms with Crippen LogP contribution in [0.3, 0.4) is 0 Å². The first kappa shape index (κ1) is 22.6. The summed E-state index contributed by atoms with van der Waals surface area (Å²) >= 11 is 3.65. The number of carbonyl (C=O) groups is 1. The highest BCUT2D eigenvalue weighted by molar-refractivity contribution is 9.10. The number of aliphatic hydroxyl groups excluding tert-OH is 1. The molecule has 2 aliphatic rings. The number of ether oxygens (including phenoxy) is 2. The van der Waals surface area contributed by atoms with Gasteiger partial charge in [-0.25, -0.2) is 4.99 Å². The minimum absolute atomic E-state index is 0.0901. The van der Waals surface area contributed by atoms with E-state index in [-0.39, 0.29) is 12.5 Å². The summed E-state index contributed by atoms with van der Waals surface area (Å²) in [6, 6.07) is 23.2. The fraction of sp³-hybridized carbons (Fsp3) is 0.259. The molecule has 1 spiro atoms. The number of hydrogen-bond acceptors (Lipinski definition) is 5. The number of likely N-dealkylation sites (N-methyl/N-ethyl adjacent to an activating group) is 1. The Balaban J connectivity index is 1.56. The van der Waals surface area contributed by atoms with Crippen molar-refractivity contribution in [1.29, 1.82) is 0 Å². The third-order valence-electron chi connectivity index (χ3n) is 6.31. The van der Waals surface area contributed by atoms with E-state index < -0.39 is 11.6 Å². The van der Waals surface area contributed by atoms with Gasteiger partial charge in [-0.15, -0.1) is 0 Å². The predicted molar refractivity (Wildman–Crippen MR) is 134 cm³/mol. The van der Waals surface area contributed by atoms with Crippen LogP contribution in [-0.4, -0.2) is 42.7 Å². The van der Waals surface area contributed by atoms with Crippen LogP contribution in [0.1, 0.15) is 29.2 Å². The van der Waals surface area contributed by atoms with Gasteiger partial charge in [-0.1, -0.05) is 52.3 Å². The van der Waals surface area contributed by atoms with Crippen molar-refractivity contribution < 1.29 is 19.4 Å². The molecule has 0 fully saturated rings. The van der Waals surface area contributed by atoms with Crippen molar-refractivity contribution in [2.45, 2.75) is 24.5 Å². The Bertz CT molecular complexity index is 1240. The van der Waals surface area contributed by atoms with E-state index in [2.05, 4.69) is 15.9 Å². The van der Waals surface area contributed by atoms with E-state index in [0.717, 1.165) is 26.9 Å². The zero-order valence-electron chi connectivity index (χ0n) is 18.8. The van der Waals surface area contributed by atoms with Gasteiger partial charge < -0.3 is 19.5 Å². The van der Waals surface area contributed by atoms with E-state index >= 15 is 0 Å². The van der Waals surface area contributed by atoms with Crippen LogP contribution in [0.4, 0.5) is 5.69 Å². The molecule has 0 radical (unpaired) electrons. The lowest BCUT2D eigenvalue weighted by Crippen LogP contribution is -2.53. The summed E-state index contributed by atoms with van der Waals surface area (Å²) in [6.07, 6.45) is 0.441. The van der Waals surface area contributed by atoms with E-state index in [9.17, 15) is 4.79 Å². The number of nitrogens with zero attached hydrogens (tertiary/aromatic N) is 2. The van der Waals surface area contributed by atoms with Gasteiger partial charge in [0.15, 0.2) is 11.6 Å². The molecule has 0 aliphatic carbocycles. The minimum atomic E-state index is -1.11. The SMILES string of the molecule is CN1C(=O)[C@]2(Cc3ccccc31)N=C(c1ccc(OCCCO)cc1)O[C@@H]2c1ccccc1Br. The number of amides is 1. The molecule has 0 unspecified atom stereocenters. The maximum atomic E-state index is 13.9. The molecule has 0 saturated heterocycles. The number of halogens is 1. The number of fused-ring (bicyclic) bond motifs is 1. The van der Waals surface area contributed by atoms with Crippen molar-refractivity contribution in [2.75, 3.05) is 25.2 Å². The maximum Gasteiger partial charge on any atom is 0.259 e. The first-order valence-corrected chi connectivity index (χ1v) is 12.0. The lowest BCUT2D eigenvalue weighted by molar-refractivity contribution is -0.126. The Morgan fingerprint density at radius 2 is 1.85 bits per heavy atom. The average Bonchev–Trinajstić information content (AvgIpc) is 3.23. The van der Waals surface area contributed by atoms with Crippen molar-refractivity contribution in [2.24, 2.45) is 4.99 Å². The molecule has 0 bridgehead atoms.